The predicted molar refractivity (Wildman–Crippen MR) is 95.1 cm³/mol. The lowest BCUT2D eigenvalue weighted by molar-refractivity contribution is 0.477. The highest BCUT2D eigenvalue weighted by atomic mass is 35.5. The SMILES string of the molecule is CC(C)Nc1cc(Cl)ncc1-c1cnc(NC2CCNCC2)[nH]1. The lowest BCUT2D eigenvalue weighted by atomic mass is 10.1. The average molecular weight is 335 g/mol. The van der Waals surface area contributed by atoms with Crippen molar-refractivity contribution in [2.75, 3.05) is 23.7 Å². The number of H-pyrrole nitrogens is 1. The van der Waals surface area contributed by atoms with Gasteiger partial charge in [-0.2, -0.15) is 0 Å². The molecular weight excluding hydrogens is 312 g/mol. The van der Waals surface area contributed by atoms with Gasteiger partial charge in [0, 0.05) is 29.5 Å². The molecule has 0 saturated carbocycles. The van der Waals surface area contributed by atoms with Gasteiger partial charge >= 0.3 is 0 Å². The van der Waals surface area contributed by atoms with E-state index in [1.807, 2.05) is 12.3 Å². The van der Waals surface area contributed by atoms with Gasteiger partial charge in [-0.1, -0.05) is 11.6 Å². The van der Waals surface area contributed by atoms with Crippen LogP contribution >= 0.6 is 11.6 Å². The standard InChI is InChI=1S/C16H23ClN6/c1-10(2)21-13-7-15(17)19-8-12(13)14-9-20-16(23-14)22-11-3-5-18-6-4-11/h7-11,18H,3-6H2,1-2H3,(H,19,21)(H2,20,22,23). The number of piperidine rings is 1. The van der Waals surface area contributed by atoms with E-state index in [0.29, 0.717) is 17.2 Å². The minimum absolute atomic E-state index is 0.308. The second kappa shape index (κ2) is 7.19. The van der Waals surface area contributed by atoms with Crippen molar-refractivity contribution in [2.45, 2.75) is 38.8 Å². The molecule has 4 N–H and O–H groups in total. The summed E-state index contributed by atoms with van der Waals surface area (Å²) in [6, 6.07) is 2.62. The number of imidazole rings is 1. The molecule has 0 amide bonds. The Hall–Kier alpha value is -1.79. The molecule has 0 spiro atoms. The molecule has 0 unspecified atom stereocenters. The molecule has 0 radical (unpaired) electrons. The molecular formula is C16H23ClN6. The second-order valence-electron chi connectivity index (χ2n) is 6.17. The van der Waals surface area contributed by atoms with E-state index in [-0.39, 0.29) is 0 Å². The Morgan fingerprint density at radius 2 is 2.00 bits per heavy atom. The van der Waals surface area contributed by atoms with Crippen LogP contribution in [0, 0.1) is 0 Å². The number of pyridine rings is 1. The van der Waals surface area contributed by atoms with Gasteiger partial charge in [0.1, 0.15) is 5.15 Å². The molecule has 1 saturated heterocycles. The first-order chi connectivity index (χ1) is 11.1. The van der Waals surface area contributed by atoms with Crippen molar-refractivity contribution in [3.63, 3.8) is 0 Å². The van der Waals surface area contributed by atoms with Crippen LogP contribution in [-0.4, -0.2) is 40.1 Å². The predicted octanol–water partition coefficient (Wildman–Crippen LogP) is 3.11. The maximum Gasteiger partial charge on any atom is 0.200 e. The second-order valence-corrected chi connectivity index (χ2v) is 6.55. The van der Waals surface area contributed by atoms with Crippen molar-refractivity contribution < 1.29 is 0 Å². The third kappa shape index (κ3) is 4.14. The van der Waals surface area contributed by atoms with Crippen LogP contribution in [0.4, 0.5) is 11.6 Å². The van der Waals surface area contributed by atoms with Crippen LogP contribution in [0.2, 0.25) is 5.15 Å². The first kappa shape index (κ1) is 16.1. The summed E-state index contributed by atoms with van der Waals surface area (Å²) in [5.41, 5.74) is 2.85. The molecule has 2 aromatic rings. The topological polar surface area (TPSA) is 77.7 Å². The van der Waals surface area contributed by atoms with Crippen LogP contribution in [0.3, 0.4) is 0 Å². The fourth-order valence-corrected chi connectivity index (χ4v) is 2.92. The van der Waals surface area contributed by atoms with Gasteiger partial charge in [-0.15, -0.1) is 0 Å². The molecule has 1 aliphatic heterocycles. The lowest BCUT2D eigenvalue weighted by Gasteiger charge is -2.23. The first-order valence-corrected chi connectivity index (χ1v) is 8.44. The molecule has 0 bridgehead atoms. The molecule has 1 fully saturated rings. The normalized spacial score (nSPS) is 15.8. The Morgan fingerprint density at radius 1 is 1.22 bits per heavy atom. The van der Waals surface area contributed by atoms with Gasteiger partial charge in [0.25, 0.3) is 0 Å². The van der Waals surface area contributed by atoms with E-state index >= 15 is 0 Å². The number of hydrogen-bond donors (Lipinski definition) is 4. The highest BCUT2D eigenvalue weighted by Gasteiger charge is 2.15. The number of rotatable bonds is 5. The van der Waals surface area contributed by atoms with Crippen LogP contribution in [-0.2, 0) is 0 Å². The van der Waals surface area contributed by atoms with Crippen molar-refractivity contribution in [1.29, 1.82) is 0 Å². The van der Waals surface area contributed by atoms with E-state index in [1.54, 1.807) is 6.20 Å². The lowest BCUT2D eigenvalue weighted by Crippen LogP contribution is -2.35. The number of hydrogen-bond acceptors (Lipinski definition) is 5. The van der Waals surface area contributed by atoms with E-state index in [9.17, 15) is 0 Å². The highest BCUT2D eigenvalue weighted by Crippen LogP contribution is 2.29. The van der Waals surface area contributed by atoms with Crippen LogP contribution in [0.25, 0.3) is 11.3 Å². The fraction of sp³-hybridized carbons (Fsp3) is 0.500. The maximum atomic E-state index is 6.03. The van der Waals surface area contributed by atoms with Gasteiger partial charge in [0.2, 0.25) is 5.95 Å². The summed E-state index contributed by atoms with van der Waals surface area (Å²) in [6.07, 6.45) is 5.83. The third-order valence-corrected chi connectivity index (χ3v) is 4.07. The van der Waals surface area contributed by atoms with Gasteiger partial charge < -0.3 is 20.9 Å². The molecule has 1 aliphatic rings. The highest BCUT2D eigenvalue weighted by molar-refractivity contribution is 6.29. The Morgan fingerprint density at radius 3 is 2.74 bits per heavy atom. The minimum Gasteiger partial charge on any atom is -0.382 e. The van der Waals surface area contributed by atoms with Gasteiger partial charge in [-0.25, -0.2) is 9.97 Å². The third-order valence-electron chi connectivity index (χ3n) is 3.86. The van der Waals surface area contributed by atoms with Crippen molar-refractivity contribution >= 4 is 23.2 Å². The summed E-state index contributed by atoms with van der Waals surface area (Å²) in [6.45, 7) is 6.29. The van der Waals surface area contributed by atoms with Gasteiger partial charge in [-0.05, 0) is 45.8 Å². The number of aromatic amines is 1. The average Bonchev–Trinajstić information content (AvgIpc) is 2.96. The van der Waals surface area contributed by atoms with Crippen molar-refractivity contribution in [2.24, 2.45) is 0 Å². The summed E-state index contributed by atoms with van der Waals surface area (Å²) in [5.74, 6) is 0.803. The molecule has 0 aliphatic carbocycles. The van der Waals surface area contributed by atoms with E-state index in [1.165, 1.54) is 0 Å². The smallest absolute Gasteiger partial charge is 0.200 e. The number of halogens is 1. The maximum absolute atomic E-state index is 6.03. The largest absolute Gasteiger partial charge is 0.382 e. The molecule has 0 atom stereocenters. The minimum atomic E-state index is 0.308. The van der Waals surface area contributed by atoms with Crippen molar-refractivity contribution in [3.05, 3.63) is 23.6 Å². The van der Waals surface area contributed by atoms with Crippen molar-refractivity contribution in [3.8, 4) is 11.3 Å². The Bertz CT molecular complexity index is 648. The molecule has 2 aromatic heterocycles. The molecule has 3 heterocycles. The fourth-order valence-electron chi connectivity index (χ4n) is 2.77. The molecule has 6 nitrogen and oxygen atoms in total. The van der Waals surface area contributed by atoms with Gasteiger partial charge in [-0.3, -0.25) is 0 Å². The zero-order valence-corrected chi connectivity index (χ0v) is 14.2. The molecule has 7 heteroatoms. The first-order valence-electron chi connectivity index (χ1n) is 8.06. The summed E-state index contributed by atoms with van der Waals surface area (Å²) in [7, 11) is 0. The summed E-state index contributed by atoms with van der Waals surface area (Å²) in [4.78, 5) is 12.0. The zero-order valence-electron chi connectivity index (χ0n) is 13.5. The van der Waals surface area contributed by atoms with Crippen molar-refractivity contribution in [1.82, 2.24) is 20.3 Å². The molecule has 0 aromatic carbocycles. The monoisotopic (exact) mass is 334 g/mol. The van der Waals surface area contributed by atoms with E-state index in [2.05, 4.69) is 44.7 Å². The molecule has 124 valence electrons. The number of nitrogens with one attached hydrogen (secondary N) is 4. The quantitative estimate of drug-likeness (QED) is 0.632. The Labute approximate surface area is 141 Å². The Balaban J connectivity index is 1.79. The van der Waals surface area contributed by atoms with Crippen LogP contribution in [0.15, 0.2) is 18.5 Å². The van der Waals surface area contributed by atoms with E-state index in [0.717, 1.165) is 48.8 Å². The van der Waals surface area contributed by atoms with Crippen LogP contribution in [0.1, 0.15) is 26.7 Å². The summed E-state index contributed by atoms with van der Waals surface area (Å²) >= 11 is 6.03. The molecule has 23 heavy (non-hydrogen) atoms. The van der Waals surface area contributed by atoms with Crippen LogP contribution < -0.4 is 16.0 Å². The number of anilines is 2. The zero-order chi connectivity index (χ0) is 16.2. The summed E-state index contributed by atoms with van der Waals surface area (Å²) < 4.78 is 0. The molecule has 3 rings (SSSR count). The number of nitrogens with zero attached hydrogens (tertiary/aromatic N) is 2. The van der Waals surface area contributed by atoms with Gasteiger partial charge in [0.05, 0.1) is 11.9 Å². The van der Waals surface area contributed by atoms with Gasteiger partial charge in [0.15, 0.2) is 0 Å². The van der Waals surface area contributed by atoms with E-state index < -0.39 is 0 Å². The van der Waals surface area contributed by atoms with E-state index in [4.69, 9.17) is 11.6 Å². The number of aromatic nitrogens is 3. The Kier molecular flexibility index (Phi) is 5.03. The van der Waals surface area contributed by atoms with Crippen LogP contribution in [0.5, 0.6) is 0 Å². The summed E-state index contributed by atoms with van der Waals surface area (Å²) in [5, 5.41) is 10.7.